The molecule has 1 heterocycles. The van der Waals surface area contributed by atoms with Crippen LogP contribution in [0, 0.1) is 0 Å². The molecule has 1 saturated carbocycles. The van der Waals surface area contributed by atoms with Gasteiger partial charge < -0.3 is 4.57 Å². The summed E-state index contributed by atoms with van der Waals surface area (Å²) >= 11 is 0. The molecule has 2 heteroatoms. The molecule has 0 aromatic carbocycles. The summed E-state index contributed by atoms with van der Waals surface area (Å²) in [5.41, 5.74) is 2.01. The number of fused-ring (bicyclic) bond motifs is 1. The molecular formula is C9H15OP. The Morgan fingerprint density at radius 1 is 1.55 bits per heavy atom. The quantitative estimate of drug-likeness (QED) is 0.403. The van der Waals surface area contributed by atoms with Crippen molar-refractivity contribution in [1.29, 1.82) is 0 Å². The van der Waals surface area contributed by atoms with E-state index in [4.69, 9.17) is 0 Å². The van der Waals surface area contributed by atoms with E-state index in [1.165, 1.54) is 31.3 Å². The fraction of sp³-hybridized carbons (Fsp3) is 0.778. The first-order valence-electron chi connectivity index (χ1n) is 4.45. The summed E-state index contributed by atoms with van der Waals surface area (Å²) in [5.74, 6) is 0. The monoisotopic (exact) mass is 170 g/mol. The van der Waals surface area contributed by atoms with Crippen LogP contribution in [0.15, 0.2) is 11.6 Å². The highest BCUT2D eigenvalue weighted by molar-refractivity contribution is 7.64. The molecule has 62 valence electrons. The molecule has 2 rings (SSSR count). The third-order valence-electron chi connectivity index (χ3n) is 3.00. The molecule has 1 fully saturated rings. The van der Waals surface area contributed by atoms with Gasteiger partial charge in [0.2, 0.25) is 0 Å². The van der Waals surface area contributed by atoms with Crippen LogP contribution < -0.4 is 0 Å². The van der Waals surface area contributed by atoms with Crippen molar-refractivity contribution in [3.05, 3.63) is 11.6 Å². The first kappa shape index (κ1) is 7.61. The van der Waals surface area contributed by atoms with Crippen LogP contribution in [0.2, 0.25) is 0 Å². The Bertz CT molecular complexity index is 242. The van der Waals surface area contributed by atoms with Crippen molar-refractivity contribution in [2.75, 3.05) is 12.8 Å². The average Bonchev–Trinajstić information content (AvgIpc) is 2.29. The van der Waals surface area contributed by atoms with Crippen LogP contribution in [-0.4, -0.2) is 18.5 Å². The molecule has 0 bridgehead atoms. The molecule has 0 unspecified atom stereocenters. The maximum atomic E-state index is 11.9. The minimum Gasteiger partial charge on any atom is -0.323 e. The van der Waals surface area contributed by atoms with E-state index in [1.807, 2.05) is 6.66 Å². The average molecular weight is 170 g/mol. The Labute approximate surface area is 68.2 Å². The zero-order chi connectivity index (χ0) is 7.90. The summed E-state index contributed by atoms with van der Waals surface area (Å²) < 4.78 is 11.9. The van der Waals surface area contributed by atoms with Crippen molar-refractivity contribution in [3.8, 4) is 0 Å². The first-order valence-corrected chi connectivity index (χ1v) is 6.86. The lowest BCUT2D eigenvalue weighted by atomic mass is 9.95. The molecule has 1 aliphatic heterocycles. The van der Waals surface area contributed by atoms with E-state index in [0.717, 1.165) is 6.16 Å². The highest BCUT2D eigenvalue weighted by Crippen LogP contribution is 2.58. The fourth-order valence-corrected chi connectivity index (χ4v) is 4.82. The van der Waals surface area contributed by atoms with Crippen molar-refractivity contribution in [1.82, 2.24) is 0 Å². The maximum absolute atomic E-state index is 11.9. The third-order valence-corrected chi connectivity index (χ3v) is 5.81. The summed E-state index contributed by atoms with van der Waals surface area (Å²) in [6.07, 6.45) is 8.15. The van der Waals surface area contributed by atoms with Crippen LogP contribution in [0.4, 0.5) is 0 Å². The summed E-state index contributed by atoms with van der Waals surface area (Å²) in [5, 5.41) is 0. The summed E-state index contributed by atoms with van der Waals surface area (Å²) in [6.45, 7) is 1.98. The Kier molecular flexibility index (Phi) is 1.72. The minimum atomic E-state index is -1.77. The summed E-state index contributed by atoms with van der Waals surface area (Å²) in [6, 6.07) is 0. The SMILES string of the molecule is C[P@@]1(=O)CC=C2CCCC[C@@H]21. The molecule has 0 spiro atoms. The van der Waals surface area contributed by atoms with E-state index in [0.29, 0.717) is 5.66 Å². The van der Waals surface area contributed by atoms with Gasteiger partial charge in [-0.2, -0.15) is 0 Å². The molecule has 0 aromatic rings. The van der Waals surface area contributed by atoms with Crippen molar-refractivity contribution in [3.63, 3.8) is 0 Å². The second kappa shape index (κ2) is 2.48. The van der Waals surface area contributed by atoms with Gasteiger partial charge in [0.15, 0.2) is 0 Å². The second-order valence-corrected chi connectivity index (χ2v) is 7.23. The predicted octanol–water partition coefficient (Wildman–Crippen LogP) is 2.86. The van der Waals surface area contributed by atoms with Gasteiger partial charge in [0, 0.05) is 11.8 Å². The van der Waals surface area contributed by atoms with E-state index in [1.54, 1.807) is 0 Å². The van der Waals surface area contributed by atoms with Crippen molar-refractivity contribution in [2.24, 2.45) is 0 Å². The number of rotatable bonds is 0. The van der Waals surface area contributed by atoms with Crippen LogP contribution >= 0.6 is 7.14 Å². The van der Waals surface area contributed by atoms with E-state index in [9.17, 15) is 4.57 Å². The molecule has 11 heavy (non-hydrogen) atoms. The number of hydrogen-bond donors (Lipinski definition) is 0. The van der Waals surface area contributed by atoms with Crippen LogP contribution in [0.5, 0.6) is 0 Å². The molecule has 2 aliphatic rings. The molecule has 1 nitrogen and oxygen atoms in total. The topological polar surface area (TPSA) is 17.1 Å². The molecule has 0 amide bonds. The van der Waals surface area contributed by atoms with Gasteiger partial charge in [-0.1, -0.05) is 18.1 Å². The Morgan fingerprint density at radius 2 is 2.36 bits per heavy atom. The van der Waals surface area contributed by atoms with Crippen LogP contribution in [0.25, 0.3) is 0 Å². The van der Waals surface area contributed by atoms with E-state index in [-0.39, 0.29) is 0 Å². The predicted molar refractivity (Wildman–Crippen MR) is 48.7 cm³/mol. The molecule has 2 atom stereocenters. The van der Waals surface area contributed by atoms with Gasteiger partial charge in [-0.05, 0) is 25.9 Å². The molecule has 0 radical (unpaired) electrons. The first-order chi connectivity index (χ1) is 5.20. The van der Waals surface area contributed by atoms with Gasteiger partial charge in [0.05, 0.1) is 7.14 Å². The smallest absolute Gasteiger partial charge is 0.0951 e. The van der Waals surface area contributed by atoms with Crippen LogP contribution in [0.1, 0.15) is 25.7 Å². The Balaban J connectivity index is 2.25. The summed E-state index contributed by atoms with van der Waals surface area (Å²) in [7, 11) is -1.77. The molecule has 0 saturated heterocycles. The molecule has 0 N–H and O–H groups in total. The lowest BCUT2D eigenvalue weighted by Crippen LogP contribution is -2.11. The van der Waals surface area contributed by atoms with Crippen molar-refractivity contribution >= 4 is 7.14 Å². The molecular weight excluding hydrogens is 155 g/mol. The minimum absolute atomic E-state index is 0.497. The number of hydrogen-bond acceptors (Lipinski definition) is 1. The maximum Gasteiger partial charge on any atom is 0.0951 e. The van der Waals surface area contributed by atoms with Gasteiger partial charge >= 0.3 is 0 Å². The van der Waals surface area contributed by atoms with E-state index < -0.39 is 7.14 Å². The molecule has 0 aromatic heterocycles. The van der Waals surface area contributed by atoms with Crippen LogP contribution in [0.3, 0.4) is 0 Å². The lowest BCUT2D eigenvalue weighted by Gasteiger charge is -2.24. The largest absolute Gasteiger partial charge is 0.323 e. The fourth-order valence-electron chi connectivity index (χ4n) is 2.31. The van der Waals surface area contributed by atoms with Crippen molar-refractivity contribution < 1.29 is 4.57 Å². The van der Waals surface area contributed by atoms with Crippen molar-refractivity contribution in [2.45, 2.75) is 31.3 Å². The Hall–Kier alpha value is -0.0300. The molecule has 1 aliphatic carbocycles. The standard InChI is InChI=1S/C9H15OP/c1-11(10)7-6-8-4-2-3-5-9(8)11/h6,9H,2-5,7H2,1H3/t9-,11+/m0/s1. The van der Waals surface area contributed by atoms with Gasteiger partial charge in [-0.15, -0.1) is 0 Å². The zero-order valence-corrected chi connectivity index (χ0v) is 7.94. The summed E-state index contributed by atoms with van der Waals surface area (Å²) in [4.78, 5) is 0. The lowest BCUT2D eigenvalue weighted by molar-refractivity contribution is 0.552. The number of allylic oxidation sites excluding steroid dienone is 2. The van der Waals surface area contributed by atoms with E-state index >= 15 is 0 Å². The van der Waals surface area contributed by atoms with Gasteiger partial charge in [-0.25, -0.2) is 0 Å². The highest BCUT2D eigenvalue weighted by Gasteiger charge is 2.36. The van der Waals surface area contributed by atoms with Gasteiger partial charge in [0.1, 0.15) is 0 Å². The van der Waals surface area contributed by atoms with E-state index in [2.05, 4.69) is 6.08 Å². The highest BCUT2D eigenvalue weighted by atomic mass is 31.2. The Morgan fingerprint density at radius 3 is 3.09 bits per heavy atom. The van der Waals surface area contributed by atoms with Gasteiger partial charge in [0.25, 0.3) is 0 Å². The normalized spacial score (nSPS) is 43.4. The third kappa shape index (κ3) is 1.20. The second-order valence-electron chi connectivity index (χ2n) is 3.90. The zero-order valence-electron chi connectivity index (χ0n) is 7.05. The van der Waals surface area contributed by atoms with Gasteiger partial charge in [-0.3, -0.25) is 0 Å². The van der Waals surface area contributed by atoms with Crippen LogP contribution in [-0.2, 0) is 4.57 Å².